The number of para-hydroxylation sites is 1. The highest BCUT2D eigenvalue weighted by Crippen LogP contribution is 2.25. The normalized spacial score (nSPS) is 13.8. The molecule has 0 aliphatic carbocycles. The number of anilines is 3. The fraction of sp³-hybridized carbons (Fsp3) is 0.160. The van der Waals surface area contributed by atoms with E-state index in [1.807, 2.05) is 32.0 Å². The fourth-order valence-corrected chi connectivity index (χ4v) is 4.92. The Hall–Kier alpha value is -3.98. The van der Waals surface area contributed by atoms with Crippen molar-refractivity contribution >= 4 is 44.8 Å². The van der Waals surface area contributed by atoms with Crippen LogP contribution in [0.25, 0.3) is 0 Å². The van der Waals surface area contributed by atoms with Gasteiger partial charge in [0.1, 0.15) is 0 Å². The number of benzene rings is 3. The third-order valence-corrected chi connectivity index (χ3v) is 6.94. The number of carbonyl (C=O) groups is 3. The minimum Gasteiger partial charge on any atom is -0.322 e. The van der Waals surface area contributed by atoms with Crippen LogP contribution in [0.1, 0.15) is 34.3 Å². The average molecular weight is 478 g/mol. The van der Waals surface area contributed by atoms with Crippen molar-refractivity contribution in [1.29, 1.82) is 0 Å². The average Bonchev–Trinajstić information content (AvgIpc) is 3.15. The molecule has 2 N–H and O–H groups in total. The van der Waals surface area contributed by atoms with Crippen molar-refractivity contribution in [1.82, 2.24) is 0 Å². The number of amides is 3. The van der Waals surface area contributed by atoms with E-state index >= 15 is 0 Å². The maximum Gasteiger partial charge on any atom is 0.261 e. The van der Waals surface area contributed by atoms with E-state index in [0.29, 0.717) is 22.6 Å². The molecule has 34 heavy (non-hydrogen) atoms. The van der Waals surface area contributed by atoms with Gasteiger partial charge in [-0.05, 0) is 73.5 Å². The largest absolute Gasteiger partial charge is 0.322 e. The summed E-state index contributed by atoms with van der Waals surface area (Å²) in [4.78, 5) is 37.5. The van der Waals surface area contributed by atoms with Crippen LogP contribution >= 0.6 is 0 Å². The van der Waals surface area contributed by atoms with E-state index in [1.54, 1.807) is 12.1 Å². The summed E-state index contributed by atoms with van der Waals surface area (Å²) < 4.78 is 28.2. The summed E-state index contributed by atoms with van der Waals surface area (Å²) in [5, 5.41) is 2.71. The molecule has 3 aromatic rings. The van der Waals surface area contributed by atoms with Gasteiger partial charge < -0.3 is 5.32 Å². The van der Waals surface area contributed by atoms with Crippen molar-refractivity contribution in [2.75, 3.05) is 14.9 Å². The lowest BCUT2D eigenvalue weighted by Crippen LogP contribution is -2.28. The summed E-state index contributed by atoms with van der Waals surface area (Å²) in [7, 11) is -3.80. The van der Waals surface area contributed by atoms with E-state index in [1.165, 1.54) is 36.4 Å². The maximum absolute atomic E-state index is 12.8. The Morgan fingerprint density at radius 3 is 1.94 bits per heavy atom. The molecule has 0 aromatic heterocycles. The van der Waals surface area contributed by atoms with Crippen molar-refractivity contribution in [3.8, 4) is 0 Å². The molecule has 8 nitrogen and oxygen atoms in total. The molecule has 0 bridgehead atoms. The van der Waals surface area contributed by atoms with Crippen LogP contribution in [0.5, 0.6) is 0 Å². The Bertz CT molecular complexity index is 1340. The molecule has 3 aromatic carbocycles. The summed E-state index contributed by atoms with van der Waals surface area (Å²) in [6, 6.07) is 17.5. The topological polar surface area (TPSA) is 113 Å². The highest BCUT2D eigenvalue weighted by Gasteiger charge is 2.30. The zero-order valence-electron chi connectivity index (χ0n) is 18.7. The van der Waals surface area contributed by atoms with Crippen LogP contribution in [-0.2, 0) is 19.6 Å². The molecule has 1 heterocycles. The fourth-order valence-electron chi connectivity index (χ4n) is 3.72. The number of imide groups is 1. The van der Waals surface area contributed by atoms with Crippen LogP contribution in [0.15, 0.2) is 71.6 Å². The Kier molecular flexibility index (Phi) is 6.21. The van der Waals surface area contributed by atoms with E-state index in [0.717, 1.165) is 16.0 Å². The van der Waals surface area contributed by atoms with Gasteiger partial charge in [-0.15, -0.1) is 0 Å². The summed E-state index contributed by atoms with van der Waals surface area (Å²) in [5.41, 5.74) is 3.35. The van der Waals surface area contributed by atoms with Crippen LogP contribution in [0, 0.1) is 13.8 Å². The Balaban J connectivity index is 1.45. The molecule has 1 aliphatic heterocycles. The minimum absolute atomic E-state index is 0.0671. The molecule has 9 heteroatoms. The summed E-state index contributed by atoms with van der Waals surface area (Å²) in [6.07, 6.45) is 0.375. The molecule has 0 atom stereocenters. The Morgan fingerprint density at radius 2 is 1.38 bits per heavy atom. The predicted octanol–water partition coefficient (Wildman–Crippen LogP) is 4.01. The quantitative estimate of drug-likeness (QED) is 0.521. The molecule has 0 spiro atoms. The van der Waals surface area contributed by atoms with Gasteiger partial charge in [0.2, 0.25) is 11.8 Å². The second-order valence-electron chi connectivity index (χ2n) is 8.02. The van der Waals surface area contributed by atoms with Crippen LogP contribution in [0.3, 0.4) is 0 Å². The van der Waals surface area contributed by atoms with E-state index in [-0.39, 0.29) is 29.6 Å². The minimum atomic E-state index is -3.80. The molecule has 0 saturated carbocycles. The third kappa shape index (κ3) is 4.69. The number of aryl methyl sites for hydroxylation is 2. The zero-order chi connectivity index (χ0) is 24.5. The van der Waals surface area contributed by atoms with Gasteiger partial charge in [0.25, 0.3) is 15.9 Å². The van der Waals surface area contributed by atoms with Gasteiger partial charge >= 0.3 is 0 Å². The van der Waals surface area contributed by atoms with Crippen LogP contribution in [0.2, 0.25) is 0 Å². The van der Waals surface area contributed by atoms with Crippen LogP contribution in [0.4, 0.5) is 17.1 Å². The first kappa shape index (κ1) is 23.2. The number of hydrogen-bond acceptors (Lipinski definition) is 5. The first-order chi connectivity index (χ1) is 16.2. The number of nitrogens with zero attached hydrogens (tertiary/aromatic N) is 1. The standard InChI is InChI=1S/C25H23N3O5S/c1-16-4-3-5-17(2)24(16)27-34(32,33)21-12-8-19(9-13-21)26-25(31)18-6-10-20(11-7-18)28-22(29)14-15-23(28)30/h3-13,27H,14-15H2,1-2H3,(H,26,31). The molecule has 4 rings (SSSR count). The highest BCUT2D eigenvalue weighted by atomic mass is 32.2. The second-order valence-corrected chi connectivity index (χ2v) is 9.70. The lowest BCUT2D eigenvalue weighted by Gasteiger charge is -2.14. The van der Waals surface area contributed by atoms with Crippen LogP contribution in [-0.4, -0.2) is 26.1 Å². The monoisotopic (exact) mass is 477 g/mol. The number of hydrogen-bond donors (Lipinski definition) is 2. The van der Waals surface area contributed by atoms with Gasteiger partial charge in [-0.3, -0.25) is 24.0 Å². The van der Waals surface area contributed by atoms with E-state index < -0.39 is 15.9 Å². The molecule has 0 radical (unpaired) electrons. The van der Waals surface area contributed by atoms with Gasteiger partial charge in [0.15, 0.2) is 0 Å². The van der Waals surface area contributed by atoms with E-state index in [4.69, 9.17) is 0 Å². The third-order valence-electron chi connectivity index (χ3n) is 5.58. The number of sulfonamides is 1. The van der Waals surface area contributed by atoms with Crippen molar-refractivity contribution < 1.29 is 22.8 Å². The molecule has 174 valence electrons. The van der Waals surface area contributed by atoms with Crippen molar-refractivity contribution in [3.05, 3.63) is 83.4 Å². The number of carbonyl (C=O) groups excluding carboxylic acids is 3. The van der Waals surface area contributed by atoms with Crippen LogP contribution < -0.4 is 14.9 Å². The Morgan fingerprint density at radius 1 is 0.824 bits per heavy atom. The molecule has 1 aliphatic rings. The summed E-state index contributed by atoms with van der Waals surface area (Å²) >= 11 is 0. The predicted molar refractivity (Wildman–Crippen MR) is 129 cm³/mol. The lowest BCUT2D eigenvalue weighted by molar-refractivity contribution is -0.121. The molecule has 0 unspecified atom stereocenters. The first-order valence-corrected chi connectivity index (χ1v) is 12.1. The number of rotatable bonds is 6. The SMILES string of the molecule is Cc1cccc(C)c1NS(=O)(=O)c1ccc(NC(=O)c2ccc(N3C(=O)CCC3=O)cc2)cc1. The van der Waals surface area contributed by atoms with Crippen molar-refractivity contribution in [2.45, 2.75) is 31.6 Å². The molecule has 3 amide bonds. The molecule has 1 fully saturated rings. The van der Waals surface area contributed by atoms with E-state index in [9.17, 15) is 22.8 Å². The van der Waals surface area contributed by atoms with Gasteiger partial charge in [0, 0.05) is 24.1 Å². The smallest absolute Gasteiger partial charge is 0.261 e. The number of nitrogens with one attached hydrogen (secondary N) is 2. The van der Waals surface area contributed by atoms with Crippen molar-refractivity contribution in [2.24, 2.45) is 0 Å². The Labute approximate surface area is 197 Å². The van der Waals surface area contributed by atoms with Crippen molar-refractivity contribution in [3.63, 3.8) is 0 Å². The van der Waals surface area contributed by atoms with Gasteiger partial charge in [-0.25, -0.2) is 8.42 Å². The second kappa shape index (κ2) is 9.11. The highest BCUT2D eigenvalue weighted by molar-refractivity contribution is 7.92. The summed E-state index contributed by atoms with van der Waals surface area (Å²) in [6.45, 7) is 3.66. The van der Waals surface area contributed by atoms with Gasteiger partial charge in [-0.1, -0.05) is 18.2 Å². The van der Waals surface area contributed by atoms with E-state index in [2.05, 4.69) is 10.0 Å². The zero-order valence-corrected chi connectivity index (χ0v) is 19.5. The molecular formula is C25H23N3O5S. The van der Waals surface area contributed by atoms with Gasteiger partial charge in [-0.2, -0.15) is 0 Å². The summed E-state index contributed by atoms with van der Waals surface area (Å²) in [5.74, 6) is -0.927. The first-order valence-electron chi connectivity index (χ1n) is 10.6. The van der Waals surface area contributed by atoms with Gasteiger partial charge in [0.05, 0.1) is 16.3 Å². The molecule has 1 saturated heterocycles. The maximum atomic E-state index is 12.8. The molecular weight excluding hydrogens is 454 g/mol. The lowest BCUT2D eigenvalue weighted by atomic mass is 10.1.